The number of nitrogens with zero attached hydrogens (tertiary/aromatic N) is 2. The van der Waals surface area contributed by atoms with Gasteiger partial charge in [0.15, 0.2) is 0 Å². The number of hydrogen-bond acceptors (Lipinski definition) is 3. The van der Waals surface area contributed by atoms with Crippen LogP contribution in [0.5, 0.6) is 0 Å². The minimum absolute atomic E-state index is 0. The van der Waals surface area contributed by atoms with Crippen molar-refractivity contribution in [1.82, 2.24) is 9.21 Å². The van der Waals surface area contributed by atoms with E-state index in [1.54, 1.807) is 16.4 Å². The van der Waals surface area contributed by atoms with Gasteiger partial charge in [-0.3, -0.25) is 4.90 Å². The quantitative estimate of drug-likeness (QED) is 0.721. The summed E-state index contributed by atoms with van der Waals surface area (Å²) in [5, 5.41) is 0. The summed E-state index contributed by atoms with van der Waals surface area (Å²) < 4.78 is 27.2. The monoisotopic (exact) mass is 393 g/mol. The molecule has 2 aromatic carbocycles. The summed E-state index contributed by atoms with van der Waals surface area (Å²) in [5.41, 5.74) is 3.69. The summed E-state index contributed by atoms with van der Waals surface area (Å²) in [6.07, 6.45) is 0.915. The van der Waals surface area contributed by atoms with Crippen LogP contribution in [0.1, 0.15) is 23.6 Å². The van der Waals surface area contributed by atoms with Crippen LogP contribution in [0.3, 0.4) is 0 Å². The van der Waals surface area contributed by atoms with Gasteiger partial charge in [-0.1, -0.05) is 48.9 Å². The molecule has 4 nitrogen and oxygen atoms in total. The number of rotatable bonds is 5. The van der Waals surface area contributed by atoms with Crippen LogP contribution in [0.25, 0.3) is 0 Å². The molecule has 1 aliphatic heterocycles. The topological polar surface area (TPSA) is 40.6 Å². The van der Waals surface area contributed by atoms with Gasteiger partial charge in [-0.05, 0) is 36.6 Å². The molecule has 0 aliphatic carbocycles. The van der Waals surface area contributed by atoms with E-state index >= 15 is 0 Å². The predicted octanol–water partition coefficient (Wildman–Crippen LogP) is 0.0679. The van der Waals surface area contributed by atoms with Gasteiger partial charge in [-0.2, -0.15) is 4.31 Å². The molecule has 0 aromatic heterocycles. The number of piperazine rings is 1. The molecular weight excluding hydrogens is 368 g/mol. The van der Waals surface area contributed by atoms with E-state index in [1.807, 2.05) is 12.1 Å². The van der Waals surface area contributed by atoms with Crippen molar-refractivity contribution in [2.45, 2.75) is 31.7 Å². The summed E-state index contributed by atoms with van der Waals surface area (Å²) >= 11 is 0. The van der Waals surface area contributed by atoms with Gasteiger partial charge in [-0.15, -0.1) is 0 Å². The average Bonchev–Trinajstić information content (AvgIpc) is 2.64. The molecule has 6 heteroatoms. The van der Waals surface area contributed by atoms with Gasteiger partial charge in [0.1, 0.15) is 0 Å². The maximum atomic E-state index is 12.8. The zero-order chi connectivity index (χ0) is 17.9. The van der Waals surface area contributed by atoms with Gasteiger partial charge < -0.3 is 12.4 Å². The lowest BCUT2D eigenvalue weighted by Crippen LogP contribution is -3.00. The third kappa shape index (κ3) is 4.86. The Bertz CT molecular complexity index is 797. The smallest absolute Gasteiger partial charge is 0.243 e. The van der Waals surface area contributed by atoms with Crippen LogP contribution in [-0.4, -0.2) is 43.8 Å². The predicted molar refractivity (Wildman–Crippen MR) is 101 cm³/mol. The van der Waals surface area contributed by atoms with E-state index in [0.29, 0.717) is 18.0 Å². The van der Waals surface area contributed by atoms with Crippen LogP contribution in [0.4, 0.5) is 0 Å². The molecule has 1 aliphatic rings. The summed E-state index contributed by atoms with van der Waals surface area (Å²) in [5.74, 6) is 0. The molecule has 0 radical (unpaired) electrons. The highest BCUT2D eigenvalue weighted by atomic mass is 35.5. The Labute approximate surface area is 163 Å². The average molecular weight is 394 g/mol. The molecule has 0 bridgehead atoms. The molecule has 3 rings (SSSR count). The zero-order valence-electron chi connectivity index (χ0n) is 15.4. The van der Waals surface area contributed by atoms with Crippen LogP contribution in [0, 0.1) is 6.92 Å². The van der Waals surface area contributed by atoms with E-state index in [0.717, 1.165) is 31.6 Å². The second-order valence-corrected chi connectivity index (χ2v) is 8.60. The molecule has 1 heterocycles. The minimum Gasteiger partial charge on any atom is -1.00 e. The number of aryl methyl sites for hydroxylation is 2. The second-order valence-electron chi connectivity index (χ2n) is 6.66. The third-order valence-corrected chi connectivity index (χ3v) is 6.74. The molecule has 0 atom stereocenters. The Morgan fingerprint density at radius 2 is 1.38 bits per heavy atom. The number of halogens is 1. The van der Waals surface area contributed by atoms with Crippen LogP contribution in [0.2, 0.25) is 0 Å². The second kappa shape index (κ2) is 9.00. The van der Waals surface area contributed by atoms with Crippen LogP contribution < -0.4 is 12.4 Å². The largest absolute Gasteiger partial charge is 1.00 e. The van der Waals surface area contributed by atoms with E-state index in [1.165, 1.54) is 11.1 Å². The maximum absolute atomic E-state index is 12.8. The Balaban J connectivity index is 0.00000243. The molecule has 1 saturated heterocycles. The molecule has 0 spiro atoms. The molecule has 1 fully saturated rings. The lowest BCUT2D eigenvalue weighted by molar-refractivity contribution is -0.00000789. The Kier molecular flexibility index (Phi) is 7.24. The van der Waals surface area contributed by atoms with Gasteiger partial charge in [0.2, 0.25) is 10.0 Å². The van der Waals surface area contributed by atoms with Crippen LogP contribution in [-0.2, 0) is 23.0 Å². The normalized spacial score (nSPS) is 16.2. The number of sulfonamides is 1. The van der Waals surface area contributed by atoms with Crippen molar-refractivity contribution in [2.75, 3.05) is 26.2 Å². The summed E-state index contributed by atoms with van der Waals surface area (Å²) in [6.45, 7) is 7.64. The summed E-state index contributed by atoms with van der Waals surface area (Å²) in [6, 6.07) is 15.8. The first-order valence-corrected chi connectivity index (χ1v) is 10.3. The van der Waals surface area contributed by atoms with E-state index in [9.17, 15) is 8.42 Å². The van der Waals surface area contributed by atoms with Crippen LogP contribution in [0.15, 0.2) is 53.4 Å². The number of hydrogen-bond donors (Lipinski definition) is 0. The van der Waals surface area contributed by atoms with Crippen molar-refractivity contribution < 1.29 is 20.8 Å². The molecule has 0 saturated carbocycles. The molecule has 26 heavy (non-hydrogen) atoms. The highest BCUT2D eigenvalue weighted by Crippen LogP contribution is 2.19. The van der Waals surface area contributed by atoms with Gasteiger partial charge in [0.05, 0.1) is 4.90 Å². The first-order valence-electron chi connectivity index (χ1n) is 8.86. The fraction of sp³-hybridized carbons (Fsp3) is 0.400. The Morgan fingerprint density at radius 1 is 0.846 bits per heavy atom. The minimum atomic E-state index is -3.38. The van der Waals surface area contributed by atoms with E-state index in [-0.39, 0.29) is 12.4 Å². The number of benzene rings is 2. The van der Waals surface area contributed by atoms with Crippen molar-refractivity contribution in [3.8, 4) is 0 Å². The third-order valence-electron chi connectivity index (χ3n) is 4.83. The highest BCUT2D eigenvalue weighted by molar-refractivity contribution is 7.89. The van der Waals surface area contributed by atoms with E-state index < -0.39 is 10.0 Å². The van der Waals surface area contributed by atoms with E-state index in [4.69, 9.17) is 0 Å². The Morgan fingerprint density at radius 3 is 1.92 bits per heavy atom. The molecule has 0 amide bonds. The Hall–Kier alpha value is -1.40. The molecule has 142 valence electrons. The lowest BCUT2D eigenvalue weighted by atomic mass is 10.1. The first-order chi connectivity index (χ1) is 12.0. The van der Waals surface area contributed by atoms with Gasteiger partial charge in [0, 0.05) is 32.7 Å². The van der Waals surface area contributed by atoms with Gasteiger partial charge >= 0.3 is 0 Å². The summed E-state index contributed by atoms with van der Waals surface area (Å²) in [7, 11) is -3.38. The standard InChI is InChI=1S/C20H26N2O2S.ClH/c1-3-18-8-10-20(11-9-18)25(23,24)22-14-12-21(13-15-22)16-19-6-4-17(2)5-7-19;/h4-11H,3,12-16H2,1-2H3;1H/p-1. The van der Waals surface area contributed by atoms with Crippen molar-refractivity contribution in [2.24, 2.45) is 0 Å². The van der Waals surface area contributed by atoms with Crippen molar-refractivity contribution >= 4 is 10.0 Å². The highest BCUT2D eigenvalue weighted by Gasteiger charge is 2.28. The molecule has 0 unspecified atom stereocenters. The first kappa shape index (κ1) is 20.9. The van der Waals surface area contributed by atoms with Crippen molar-refractivity contribution in [1.29, 1.82) is 0 Å². The van der Waals surface area contributed by atoms with Crippen molar-refractivity contribution in [3.05, 3.63) is 65.2 Å². The van der Waals surface area contributed by atoms with Gasteiger partial charge in [-0.25, -0.2) is 8.42 Å². The van der Waals surface area contributed by atoms with Crippen molar-refractivity contribution in [3.63, 3.8) is 0 Å². The molecular formula is C20H26ClN2O2S-. The fourth-order valence-electron chi connectivity index (χ4n) is 3.13. The lowest BCUT2D eigenvalue weighted by Gasteiger charge is -2.34. The maximum Gasteiger partial charge on any atom is 0.243 e. The molecule has 0 N–H and O–H groups in total. The molecule has 2 aromatic rings. The van der Waals surface area contributed by atoms with Crippen LogP contribution >= 0.6 is 0 Å². The SMILES string of the molecule is CCc1ccc(S(=O)(=O)N2CCN(Cc3ccc(C)cc3)CC2)cc1.[Cl-]. The van der Waals surface area contributed by atoms with E-state index in [2.05, 4.69) is 43.0 Å². The zero-order valence-corrected chi connectivity index (χ0v) is 16.9. The summed E-state index contributed by atoms with van der Waals surface area (Å²) in [4.78, 5) is 2.72. The fourth-order valence-corrected chi connectivity index (χ4v) is 4.55. The van der Waals surface area contributed by atoms with Gasteiger partial charge in [0.25, 0.3) is 0 Å².